The Bertz CT molecular complexity index is 648. The first-order valence-corrected chi connectivity index (χ1v) is 7.20. The summed E-state index contributed by atoms with van der Waals surface area (Å²) in [5.41, 5.74) is 2.08. The van der Waals surface area contributed by atoms with Crippen molar-refractivity contribution < 1.29 is 9.53 Å². The van der Waals surface area contributed by atoms with Gasteiger partial charge in [-0.25, -0.2) is 4.98 Å². The molecule has 1 N–H and O–H groups in total. The summed E-state index contributed by atoms with van der Waals surface area (Å²) in [6.45, 7) is 2.51. The van der Waals surface area contributed by atoms with Gasteiger partial charge in [0.05, 0.1) is 18.9 Å². The van der Waals surface area contributed by atoms with E-state index in [9.17, 15) is 4.79 Å². The predicted molar refractivity (Wildman–Crippen MR) is 82.6 cm³/mol. The number of ether oxygens (including phenoxy) is 1. The fourth-order valence-electron chi connectivity index (χ4n) is 2.41. The Hall–Kier alpha value is -2.31. The summed E-state index contributed by atoms with van der Waals surface area (Å²) in [7, 11) is 2.08. The third kappa shape index (κ3) is 3.47. The summed E-state index contributed by atoms with van der Waals surface area (Å²) in [4.78, 5) is 22.2. The lowest BCUT2D eigenvalue weighted by molar-refractivity contribution is -0.0208. The molecule has 2 aromatic rings. The van der Waals surface area contributed by atoms with Gasteiger partial charge in [0.25, 0.3) is 5.91 Å². The zero-order valence-electron chi connectivity index (χ0n) is 12.4. The lowest BCUT2D eigenvalue weighted by Gasteiger charge is -2.30. The summed E-state index contributed by atoms with van der Waals surface area (Å²) < 4.78 is 5.80. The number of nitrogens with zero attached hydrogens (tertiary/aromatic N) is 3. The molecule has 6 heteroatoms. The molecule has 1 aromatic carbocycles. The van der Waals surface area contributed by atoms with Gasteiger partial charge in [-0.3, -0.25) is 9.78 Å². The molecule has 0 bridgehead atoms. The van der Waals surface area contributed by atoms with Crippen molar-refractivity contribution in [3.8, 4) is 0 Å². The fourth-order valence-corrected chi connectivity index (χ4v) is 2.41. The lowest BCUT2D eigenvalue weighted by Crippen LogP contribution is -2.35. The Morgan fingerprint density at radius 2 is 2.32 bits per heavy atom. The van der Waals surface area contributed by atoms with Crippen LogP contribution in [-0.4, -0.2) is 47.5 Å². The molecule has 1 unspecified atom stereocenters. The number of hydrogen-bond donors (Lipinski definition) is 1. The molecule has 1 saturated heterocycles. The highest BCUT2D eigenvalue weighted by atomic mass is 16.5. The van der Waals surface area contributed by atoms with Crippen LogP contribution < -0.4 is 5.32 Å². The highest BCUT2D eigenvalue weighted by molar-refractivity contribution is 6.02. The average Bonchev–Trinajstić information content (AvgIpc) is 2.56. The maximum Gasteiger partial charge on any atom is 0.275 e. The first-order valence-electron chi connectivity index (χ1n) is 7.20. The number of benzene rings is 1. The Balaban J connectivity index is 1.72. The molecule has 0 aliphatic carbocycles. The quantitative estimate of drug-likeness (QED) is 0.934. The summed E-state index contributed by atoms with van der Waals surface area (Å²) in [5, 5.41) is 2.84. The van der Waals surface area contributed by atoms with Gasteiger partial charge in [0.1, 0.15) is 5.69 Å². The van der Waals surface area contributed by atoms with Crippen LogP contribution in [0.25, 0.3) is 0 Å². The van der Waals surface area contributed by atoms with E-state index in [1.807, 2.05) is 24.3 Å². The zero-order valence-corrected chi connectivity index (χ0v) is 12.4. The second-order valence-corrected chi connectivity index (χ2v) is 5.29. The van der Waals surface area contributed by atoms with E-state index in [0.29, 0.717) is 5.69 Å². The van der Waals surface area contributed by atoms with E-state index in [-0.39, 0.29) is 12.0 Å². The highest BCUT2D eigenvalue weighted by Gasteiger charge is 2.19. The summed E-state index contributed by atoms with van der Waals surface area (Å²) in [6, 6.07) is 7.73. The average molecular weight is 298 g/mol. The molecule has 0 spiro atoms. The van der Waals surface area contributed by atoms with Crippen LogP contribution >= 0.6 is 0 Å². The van der Waals surface area contributed by atoms with Gasteiger partial charge in [0, 0.05) is 31.2 Å². The van der Waals surface area contributed by atoms with Crippen molar-refractivity contribution >= 4 is 11.6 Å². The van der Waals surface area contributed by atoms with Crippen molar-refractivity contribution in [3.05, 3.63) is 54.1 Å². The number of morpholine rings is 1. The third-order valence-electron chi connectivity index (χ3n) is 3.58. The molecule has 114 valence electrons. The minimum absolute atomic E-state index is 0.0344. The number of hydrogen-bond acceptors (Lipinski definition) is 5. The maximum atomic E-state index is 12.1. The summed E-state index contributed by atoms with van der Waals surface area (Å²) in [5.74, 6) is -0.271. The number of aromatic nitrogens is 2. The van der Waals surface area contributed by atoms with Crippen molar-refractivity contribution in [2.24, 2.45) is 0 Å². The largest absolute Gasteiger partial charge is 0.371 e. The van der Waals surface area contributed by atoms with E-state index in [0.717, 1.165) is 30.9 Å². The molecule has 6 nitrogen and oxygen atoms in total. The first kappa shape index (κ1) is 14.6. The van der Waals surface area contributed by atoms with E-state index < -0.39 is 0 Å². The minimum atomic E-state index is -0.271. The molecule has 22 heavy (non-hydrogen) atoms. The van der Waals surface area contributed by atoms with E-state index >= 15 is 0 Å². The molecular formula is C16H18N4O2. The molecule has 2 heterocycles. The molecular weight excluding hydrogens is 280 g/mol. The van der Waals surface area contributed by atoms with Crippen LogP contribution in [0.4, 0.5) is 5.69 Å². The second kappa shape index (κ2) is 6.64. The van der Waals surface area contributed by atoms with Gasteiger partial charge in [0.2, 0.25) is 0 Å². The normalized spacial score (nSPS) is 18.9. The van der Waals surface area contributed by atoms with Crippen LogP contribution in [0.5, 0.6) is 0 Å². The molecule has 1 aliphatic rings. The number of nitrogens with one attached hydrogen (secondary N) is 1. The van der Waals surface area contributed by atoms with E-state index in [1.54, 1.807) is 0 Å². The van der Waals surface area contributed by atoms with Crippen molar-refractivity contribution in [1.29, 1.82) is 0 Å². The van der Waals surface area contributed by atoms with Gasteiger partial charge in [-0.05, 0) is 24.7 Å². The molecule has 1 atom stereocenters. The number of likely N-dealkylation sites (N-methyl/N-ethyl adjacent to an activating group) is 1. The smallest absolute Gasteiger partial charge is 0.275 e. The van der Waals surface area contributed by atoms with Gasteiger partial charge in [-0.2, -0.15) is 0 Å². The molecule has 1 fully saturated rings. The predicted octanol–water partition coefficient (Wildman–Crippen LogP) is 1.73. The minimum Gasteiger partial charge on any atom is -0.371 e. The molecule has 0 radical (unpaired) electrons. The van der Waals surface area contributed by atoms with E-state index in [1.165, 1.54) is 18.6 Å². The number of rotatable bonds is 3. The number of carbonyl (C=O) groups is 1. The summed E-state index contributed by atoms with van der Waals surface area (Å²) >= 11 is 0. The molecule has 3 rings (SSSR count). The Labute approximate surface area is 129 Å². The van der Waals surface area contributed by atoms with Gasteiger partial charge >= 0.3 is 0 Å². The van der Waals surface area contributed by atoms with Gasteiger partial charge in [0.15, 0.2) is 0 Å². The van der Waals surface area contributed by atoms with E-state index in [2.05, 4.69) is 27.2 Å². The van der Waals surface area contributed by atoms with Crippen molar-refractivity contribution in [2.75, 3.05) is 32.1 Å². The Morgan fingerprint density at radius 3 is 3.09 bits per heavy atom. The van der Waals surface area contributed by atoms with Crippen molar-refractivity contribution in [3.63, 3.8) is 0 Å². The van der Waals surface area contributed by atoms with E-state index in [4.69, 9.17) is 4.74 Å². The van der Waals surface area contributed by atoms with Crippen LogP contribution in [0.15, 0.2) is 42.9 Å². The lowest BCUT2D eigenvalue weighted by atomic mass is 10.1. The standard InChI is InChI=1S/C16H18N4O2/c1-20-7-8-22-15(11-20)12-3-2-4-13(9-12)19-16(21)14-10-17-5-6-18-14/h2-6,9-10,15H,7-8,11H2,1H3,(H,19,21). The van der Waals surface area contributed by atoms with Gasteiger partial charge in [-0.15, -0.1) is 0 Å². The second-order valence-electron chi connectivity index (χ2n) is 5.29. The first-order chi connectivity index (χ1) is 10.7. The van der Waals surface area contributed by atoms with Crippen molar-refractivity contribution in [2.45, 2.75) is 6.10 Å². The monoisotopic (exact) mass is 298 g/mol. The number of anilines is 1. The van der Waals surface area contributed by atoms with Crippen LogP contribution in [0.1, 0.15) is 22.2 Å². The molecule has 0 saturated carbocycles. The van der Waals surface area contributed by atoms with Gasteiger partial charge in [-0.1, -0.05) is 12.1 Å². The molecule has 1 amide bonds. The van der Waals surface area contributed by atoms with Crippen molar-refractivity contribution in [1.82, 2.24) is 14.9 Å². The van der Waals surface area contributed by atoms with Crippen LogP contribution in [0.3, 0.4) is 0 Å². The zero-order chi connectivity index (χ0) is 15.4. The van der Waals surface area contributed by atoms with Gasteiger partial charge < -0.3 is 15.0 Å². The van der Waals surface area contributed by atoms with Crippen LogP contribution in [-0.2, 0) is 4.74 Å². The number of amides is 1. The Kier molecular flexibility index (Phi) is 4.41. The molecule has 1 aromatic heterocycles. The third-order valence-corrected chi connectivity index (χ3v) is 3.58. The maximum absolute atomic E-state index is 12.1. The SMILES string of the molecule is CN1CCOC(c2cccc(NC(=O)c3cnccn3)c2)C1. The highest BCUT2D eigenvalue weighted by Crippen LogP contribution is 2.24. The fraction of sp³-hybridized carbons (Fsp3) is 0.312. The van der Waals surface area contributed by atoms with Crippen LogP contribution in [0, 0.1) is 0 Å². The number of carbonyl (C=O) groups excluding carboxylic acids is 1. The summed E-state index contributed by atoms with van der Waals surface area (Å²) in [6.07, 6.45) is 4.51. The van der Waals surface area contributed by atoms with Crippen LogP contribution in [0.2, 0.25) is 0 Å². The topological polar surface area (TPSA) is 67.3 Å². The molecule has 1 aliphatic heterocycles. The Morgan fingerprint density at radius 1 is 1.41 bits per heavy atom.